The molecule has 2 N–H and O–H groups in total. The largest absolute Gasteiger partial charge is 0.353 e. The second kappa shape index (κ2) is 10.4. The summed E-state index contributed by atoms with van der Waals surface area (Å²) in [5.74, 6) is -1.18. The molecule has 1 fully saturated rings. The van der Waals surface area contributed by atoms with Crippen LogP contribution in [0.25, 0.3) is 11.0 Å². The summed E-state index contributed by atoms with van der Waals surface area (Å²) < 4.78 is 15.2. The normalized spacial score (nSPS) is 14.2. The number of para-hydroxylation sites is 3. The van der Waals surface area contributed by atoms with Crippen LogP contribution in [-0.2, 0) is 22.6 Å². The van der Waals surface area contributed by atoms with E-state index in [-0.39, 0.29) is 42.7 Å². The Kier molecular flexibility index (Phi) is 7.12. The van der Waals surface area contributed by atoms with Crippen LogP contribution in [0.1, 0.15) is 44.2 Å². The van der Waals surface area contributed by atoms with Crippen LogP contribution in [0.5, 0.6) is 0 Å². The summed E-state index contributed by atoms with van der Waals surface area (Å²) in [4.78, 5) is 42.6. The van der Waals surface area contributed by atoms with Crippen molar-refractivity contribution >= 4 is 28.5 Å². The highest BCUT2D eigenvalue weighted by Crippen LogP contribution is 2.18. The van der Waals surface area contributed by atoms with E-state index in [1.165, 1.54) is 29.2 Å². The van der Waals surface area contributed by atoms with Gasteiger partial charge in [-0.25, -0.2) is 9.37 Å². The van der Waals surface area contributed by atoms with E-state index < -0.39 is 17.3 Å². The predicted octanol–water partition coefficient (Wildman–Crippen LogP) is 3.56. The molecular formula is C25H27FN4O3. The van der Waals surface area contributed by atoms with Gasteiger partial charge in [-0.15, -0.1) is 0 Å². The van der Waals surface area contributed by atoms with Crippen molar-refractivity contribution in [2.75, 3.05) is 5.32 Å². The van der Waals surface area contributed by atoms with Gasteiger partial charge in [-0.05, 0) is 37.1 Å². The molecule has 4 rings (SSSR count). The number of halogens is 1. The Bertz CT molecular complexity index is 1220. The fraction of sp³-hybridized carbons (Fsp3) is 0.360. The van der Waals surface area contributed by atoms with Crippen LogP contribution >= 0.6 is 0 Å². The maximum Gasteiger partial charge on any atom is 0.273 e. The highest BCUT2D eigenvalue weighted by Gasteiger charge is 2.18. The molecule has 0 aliphatic heterocycles. The van der Waals surface area contributed by atoms with E-state index in [0.29, 0.717) is 11.0 Å². The summed E-state index contributed by atoms with van der Waals surface area (Å²) in [5, 5.41) is 5.56. The van der Waals surface area contributed by atoms with Crippen LogP contribution in [0.2, 0.25) is 0 Å². The third-order valence-electron chi connectivity index (χ3n) is 5.93. The second-order valence-electron chi connectivity index (χ2n) is 8.37. The van der Waals surface area contributed by atoms with Crippen LogP contribution in [0, 0.1) is 5.82 Å². The molecule has 1 heterocycles. The van der Waals surface area contributed by atoms with Gasteiger partial charge in [0.15, 0.2) is 0 Å². The molecule has 0 saturated heterocycles. The highest BCUT2D eigenvalue weighted by molar-refractivity contribution is 5.91. The van der Waals surface area contributed by atoms with E-state index in [1.807, 2.05) is 0 Å². The molecule has 172 valence electrons. The summed E-state index contributed by atoms with van der Waals surface area (Å²) >= 11 is 0. The van der Waals surface area contributed by atoms with Gasteiger partial charge in [0, 0.05) is 18.9 Å². The van der Waals surface area contributed by atoms with E-state index in [4.69, 9.17) is 0 Å². The summed E-state index contributed by atoms with van der Waals surface area (Å²) in [6.07, 6.45) is 5.76. The Balaban J connectivity index is 1.51. The number of rotatable bonds is 7. The predicted molar refractivity (Wildman–Crippen MR) is 124 cm³/mol. The van der Waals surface area contributed by atoms with Crippen molar-refractivity contribution in [1.29, 1.82) is 0 Å². The summed E-state index contributed by atoms with van der Waals surface area (Å²) in [6, 6.07) is 13.1. The molecule has 0 spiro atoms. The van der Waals surface area contributed by atoms with Gasteiger partial charge in [0.05, 0.1) is 16.7 Å². The van der Waals surface area contributed by atoms with Gasteiger partial charge in [0.25, 0.3) is 5.56 Å². The molecule has 0 atom stereocenters. The van der Waals surface area contributed by atoms with E-state index in [0.717, 1.165) is 25.7 Å². The zero-order valence-electron chi connectivity index (χ0n) is 18.4. The minimum absolute atomic E-state index is 0.0496. The maximum absolute atomic E-state index is 13.9. The fourth-order valence-electron chi connectivity index (χ4n) is 4.24. The van der Waals surface area contributed by atoms with Crippen molar-refractivity contribution in [1.82, 2.24) is 14.9 Å². The Hall–Kier alpha value is -3.55. The SMILES string of the molecule is O=C(Cn1c(=O)c(CCC(=O)NC2CCCCC2)nc2ccccc21)Nc1ccccc1F. The van der Waals surface area contributed by atoms with Crippen molar-refractivity contribution in [2.24, 2.45) is 0 Å². The number of carbonyl (C=O) groups is 2. The monoisotopic (exact) mass is 450 g/mol. The van der Waals surface area contributed by atoms with Gasteiger partial charge < -0.3 is 10.6 Å². The minimum atomic E-state index is -0.553. The van der Waals surface area contributed by atoms with Crippen LogP contribution in [0.3, 0.4) is 0 Å². The third-order valence-corrected chi connectivity index (χ3v) is 5.93. The van der Waals surface area contributed by atoms with E-state index in [1.54, 1.807) is 30.3 Å². The van der Waals surface area contributed by atoms with Crippen molar-refractivity contribution in [2.45, 2.75) is 57.5 Å². The molecule has 1 saturated carbocycles. The number of anilines is 1. The first-order valence-corrected chi connectivity index (χ1v) is 11.3. The summed E-state index contributed by atoms with van der Waals surface area (Å²) in [7, 11) is 0. The summed E-state index contributed by atoms with van der Waals surface area (Å²) in [6.45, 7) is -0.294. The minimum Gasteiger partial charge on any atom is -0.353 e. The molecule has 1 aliphatic carbocycles. The van der Waals surface area contributed by atoms with Crippen molar-refractivity contribution < 1.29 is 14.0 Å². The first kappa shape index (κ1) is 22.6. The number of benzene rings is 2. The van der Waals surface area contributed by atoms with Gasteiger partial charge in [-0.2, -0.15) is 0 Å². The molecule has 1 aliphatic rings. The Morgan fingerprint density at radius 2 is 1.73 bits per heavy atom. The zero-order valence-corrected chi connectivity index (χ0v) is 18.4. The number of nitrogens with zero attached hydrogens (tertiary/aromatic N) is 2. The van der Waals surface area contributed by atoms with Gasteiger partial charge in [-0.3, -0.25) is 19.0 Å². The van der Waals surface area contributed by atoms with Crippen molar-refractivity contribution in [3.63, 3.8) is 0 Å². The lowest BCUT2D eigenvalue weighted by molar-refractivity contribution is -0.122. The lowest BCUT2D eigenvalue weighted by Gasteiger charge is -2.22. The number of aryl methyl sites for hydroxylation is 1. The molecule has 0 unspecified atom stereocenters. The molecule has 33 heavy (non-hydrogen) atoms. The van der Waals surface area contributed by atoms with Gasteiger partial charge in [0.2, 0.25) is 11.8 Å². The number of nitrogens with one attached hydrogen (secondary N) is 2. The molecule has 2 aromatic carbocycles. The van der Waals surface area contributed by atoms with E-state index >= 15 is 0 Å². The molecule has 0 bridgehead atoms. The maximum atomic E-state index is 13.9. The smallest absolute Gasteiger partial charge is 0.273 e. The number of hydrogen-bond acceptors (Lipinski definition) is 4. The van der Waals surface area contributed by atoms with Crippen molar-refractivity contribution in [3.05, 3.63) is 70.4 Å². The average Bonchev–Trinajstić information content (AvgIpc) is 2.82. The second-order valence-corrected chi connectivity index (χ2v) is 8.37. The highest BCUT2D eigenvalue weighted by atomic mass is 19.1. The van der Waals surface area contributed by atoms with E-state index in [9.17, 15) is 18.8 Å². The number of amides is 2. The van der Waals surface area contributed by atoms with Crippen LogP contribution < -0.4 is 16.2 Å². The molecule has 8 heteroatoms. The Labute approximate surface area is 191 Å². The molecule has 2 amide bonds. The average molecular weight is 451 g/mol. The van der Waals surface area contributed by atoms with Gasteiger partial charge in [0.1, 0.15) is 18.1 Å². The van der Waals surface area contributed by atoms with E-state index in [2.05, 4.69) is 15.6 Å². The lowest BCUT2D eigenvalue weighted by atomic mass is 9.95. The molecule has 3 aromatic rings. The van der Waals surface area contributed by atoms with Crippen LogP contribution in [-0.4, -0.2) is 27.4 Å². The quantitative estimate of drug-likeness (QED) is 0.576. The zero-order chi connectivity index (χ0) is 23.2. The topological polar surface area (TPSA) is 93.1 Å². The Morgan fingerprint density at radius 3 is 2.52 bits per heavy atom. The van der Waals surface area contributed by atoms with Crippen molar-refractivity contribution in [3.8, 4) is 0 Å². The number of carbonyl (C=O) groups excluding carboxylic acids is 2. The lowest BCUT2D eigenvalue weighted by Crippen LogP contribution is -2.37. The molecular weight excluding hydrogens is 423 g/mol. The molecule has 0 radical (unpaired) electrons. The number of hydrogen-bond donors (Lipinski definition) is 2. The fourth-order valence-corrected chi connectivity index (χ4v) is 4.24. The standard InChI is InChI=1S/C25H27FN4O3/c26-18-10-4-5-11-19(18)29-24(32)16-30-22-13-7-6-12-20(22)28-21(25(30)33)14-15-23(31)27-17-8-2-1-3-9-17/h4-7,10-13,17H,1-3,8-9,14-16H2,(H,27,31)(H,29,32). The van der Waals surface area contributed by atoms with Gasteiger partial charge in [-0.1, -0.05) is 43.5 Å². The summed E-state index contributed by atoms with van der Waals surface area (Å²) in [5.41, 5.74) is 0.905. The Morgan fingerprint density at radius 1 is 1.00 bits per heavy atom. The number of aromatic nitrogens is 2. The molecule has 1 aromatic heterocycles. The van der Waals surface area contributed by atoms with Gasteiger partial charge >= 0.3 is 0 Å². The number of fused-ring (bicyclic) bond motifs is 1. The third kappa shape index (κ3) is 5.63. The van der Waals surface area contributed by atoms with Crippen LogP contribution in [0.4, 0.5) is 10.1 Å². The van der Waals surface area contributed by atoms with Crippen LogP contribution in [0.15, 0.2) is 53.3 Å². The molecule has 7 nitrogen and oxygen atoms in total. The first-order valence-electron chi connectivity index (χ1n) is 11.3. The first-order chi connectivity index (χ1) is 16.0.